The predicted octanol–water partition coefficient (Wildman–Crippen LogP) is 3.01. The number of carbonyl (C=O) groups excluding carboxylic acids is 1. The van der Waals surface area contributed by atoms with Crippen LogP contribution in [0.1, 0.15) is 32.8 Å². The number of ether oxygens (including phenoxy) is 3. The van der Waals surface area contributed by atoms with Crippen LogP contribution >= 0.6 is 0 Å². The number of nitrogen functional groups attached to an aromatic ring is 1. The maximum atomic E-state index is 13.6. The first-order valence-electron chi connectivity index (χ1n) is 14.3. The van der Waals surface area contributed by atoms with E-state index in [1.54, 1.807) is 0 Å². The number of amides is 1. The number of rotatable bonds is 11. The van der Waals surface area contributed by atoms with Crippen LogP contribution < -0.4 is 11.1 Å². The van der Waals surface area contributed by atoms with Crippen molar-refractivity contribution in [2.75, 3.05) is 25.4 Å². The Morgan fingerprint density at radius 1 is 1.12 bits per heavy atom. The standard InChI is InChI=1S/C30H41N3O7S/c1-18(2)15-33(41(36,37)22-11-9-21(31)10-12-22)16-26(34)25(13-20-7-5-4-6-8-20)32-30(35)40-28-24-17-38-29-23(19(24)3)14-27(28)39-29/h4-12,18-19,23-29,34H,13-17,31H2,1-3H3,(H,32,35)/t19-,23?,24?,25+,26-,27?,28?,29?/m1/s1. The Kier molecular flexibility index (Phi) is 8.91. The third-order valence-electron chi connectivity index (χ3n) is 8.54. The Morgan fingerprint density at radius 3 is 2.51 bits per heavy atom. The van der Waals surface area contributed by atoms with Crippen LogP contribution in [0.25, 0.3) is 0 Å². The molecule has 0 spiro atoms. The molecular formula is C30H41N3O7S. The van der Waals surface area contributed by atoms with E-state index < -0.39 is 34.4 Å². The molecule has 10 nitrogen and oxygen atoms in total. The molecule has 11 heteroatoms. The van der Waals surface area contributed by atoms with E-state index in [-0.39, 0.29) is 48.6 Å². The van der Waals surface area contributed by atoms with Gasteiger partial charge in [-0.25, -0.2) is 13.2 Å². The van der Waals surface area contributed by atoms with Crippen LogP contribution in [0.3, 0.4) is 0 Å². The van der Waals surface area contributed by atoms with Gasteiger partial charge in [0, 0.05) is 30.6 Å². The fraction of sp³-hybridized carbons (Fsp3) is 0.567. The lowest BCUT2D eigenvalue weighted by Crippen LogP contribution is -2.54. The average Bonchev–Trinajstić information content (AvgIpc) is 3.25. The fourth-order valence-corrected chi connectivity index (χ4v) is 7.94. The molecule has 0 radical (unpaired) electrons. The number of carbonyl (C=O) groups is 1. The van der Waals surface area contributed by atoms with E-state index in [0.717, 1.165) is 12.0 Å². The highest BCUT2D eigenvalue weighted by Crippen LogP contribution is 2.49. The summed E-state index contributed by atoms with van der Waals surface area (Å²) < 4.78 is 46.3. The zero-order chi connectivity index (χ0) is 29.3. The molecule has 224 valence electrons. The third-order valence-corrected chi connectivity index (χ3v) is 10.4. The lowest BCUT2D eigenvalue weighted by molar-refractivity contribution is -0.167. The van der Waals surface area contributed by atoms with Crippen molar-refractivity contribution in [3.63, 3.8) is 0 Å². The third kappa shape index (κ3) is 6.54. The van der Waals surface area contributed by atoms with Crippen molar-refractivity contribution in [3.05, 3.63) is 60.2 Å². The molecule has 5 unspecified atom stereocenters. The summed E-state index contributed by atoms with van der Waals surface area (Å²) in [6.07, 6.45) is -1.74. The lowest BCUT2D eigenvalue weighted by atomic mass is 9.70. The van der Waals surface area contributed by atoms with Crippen LogP contribution in [0.4, 0.5) is 10.5 Å². The minimum atomic E-state index is -3.94. The van der Waals surface area contributed by atoms with E-state index in [1.165, 1.54) is 28.6 Å². The molecule has 2 heterocycles. The monoisotopic (exact) mass is 587 g/mol. The summed E-state index contributed by atoms with van der Waals surface area (Å²) in [6.45, 7) is 6.42. The van der Waals surface area contributed by atoms with Gasteiger partial charge in [-0.15, -0.1) is 0 Å². The van der Waals surface area contributed by atoms with E-state index >= 15 is 0 Å². The first-order chi connectivity index (χ1) is 19.5. The van der Waals surface area contributed by atoms with Crippen LogP contribution in [0.5, 0.6) is 0 Å². The molecule has 5 rings (SSSR count). The van der Waals surface area contributed by atoms with E-state index in [2.05, 4.69) is 12.2 Å². The van der Waals surface area contributed by atoms with Crippen LogP contribution in [-0.2, 0) is 30.7 Å². The second-order valence-electron chi connectivity index (χ2n) is 12.0. The van der Waals surface area contributed by atoms with E-state index in [4.69, 9.17) is 19.9 Å². The van der Waals surface area contributed by atoms with Crippen LogP contribution in [0, 0.1) is 23.7 Å². The van der Waals surface area contributed by atoms with Gasteiger partial charge in [0.15, 0.2) is 6.29 Å². The zero-order valence-corrected chi connectivity index (χ0v) is 24.6. The molecule has 2 aliphatic heterocycles. The van der Waals surface area contributed by atoms with Gasteiger partial charge in [-0.3, -0.25) is 0 Å². The van der Waals surface area contributed by atoms with Gasteiger partial charge in [0.25, 0.3) is 0 Å². The second kappa shape index (κ2) is 12.3. The summed E-state index contributed by atoms with van der Waals surface area (Å²) in [7, 11) is -3.94. The summed E-state index contributed by atoms with van der Waals surface area (Å²) in [5.41, 5.74) is 7.10. The SMILES string of the molecule is CC(C)CN(C[C@@H](O)[C@H](Cc1ccccc1)NC(=O)OC1C2CC3C(OCC1[C@@H]3C)O2)S(=O)(=O)c1ccc(N)cc1. The number of aliphatic hydroxyl groups is 1. The van der Waals surface area contributed by atoms with Crippen molar-refractivity contribution in [1.29, 1.82) is 0 Å². The molecule has 8 atom stereocenters. The lowest BCUT2D eigenvalue weighted by Gasteiger charge is -2.42. The van der Waals surface area contributed by atoms with Gasteiger partial charge >= 0.3 is 6.09 Å². The van der Waals surface area contributed by atoms with Gasteiger partial charge in [0.1, 0.15) is 6.10 Å². The van der Waals surface area contributed by atoms with Gasteiger partial charge in [-0.05, 0) is 54.5 Å². The minimum absolute atomic E-state index is 0.00256. The predicted molar refractivity (Wildman–Crippen MR) is 153 cm³/mol. The highest BCUT2D eigenvalue weighted by Gasteiger charge is 2.57. The number of hydrogen-bond donors (Lipinski definition) is 3. The highest BCUT2D eigenvalue weighted by molar-refractivity contribution is 7.89. The van der Waals surface area contributed by atoms with Crippen molar-refractivity contribution >= 4 is 21.8 Å². The maximum absolute atomic E-state index is 13.6. The van der Waals surface area contributed by atoms with Crippen molar-refractivity contribution in [2.45, 2.75) is 69.2 Å². The molecule has 4 N–H and O–H groups in total. The number of fused-ring (bicyclic) bond motifs is 2. The van der Waals surface area contributed by atoms with Gasteiger partial charge in [-0.2, -0.15) is 4.31 Å². The summed E-state index contributed by atoms with van der Waals surface area (Å²) in [4.78, 5) is 13.4. The van der Waals surface area contributed by atoms with Crippen LogP contribution in [-0.4, -0.2) is 74.3 Å². The molecule has 41 heavy (non-hydrogen) atoms. The smallest absolute Gasteiger partial charge is 0.407 e. The van der Waals surface area contributed by atoms with E-state index in [9.17, 15) is 18.3 Å². The Bertz CT molecular complexity index is 1290. The molecule has 0 aromatic heterocycles. The normalized spacial score (nSPS) is 28.5. The first kappa shape index (κ1) is 29.8. The Hall–Kier alpha value is -2.70. The number of alkyl carbamates (subject to hydrolysis) is 1. The van der Waals surface area contributed by atoms with Crippen molar-refractivity contribution in [1.82, 2.24) is 9.62 Å². The summed E-state index contributed by atoms with van der Waals surface area (Å²) >= 11 is 0. The Morgan fingerprint density at radius 2 is 1.83 bits per heavy atom. The quantitative estimate of drug-likeness (QED) is 0.341. The highest BCUT2D eigenvalue weighted by atomic mass is 32.2. The fourth-order valence-electron chi connectivity index (χ4n) is 6.32. The van der Waals surface area contributed by atoms with Gasteiger partial charge in [-0.1, -0.05) is 51.1 Å². The maximum Gasteiger partial charge on any atom is 0.407 e. The van der Waals surface area contributed by atoms with E-state index in [0.29, 0.717) is 24.1 Å². The first-order valence-corrected chi connectivity index (χ1v) is 15.8. The van der Waals surface area contributed by atoms with Gasteiger partial charge in [0.05, 0.1) is 29.8 Å². The number of nitrogens with zero attached hydrogens (tertiary/aromatic N) is 1. The largest absolute Gasteiger partial charge is 0.443 e. The molecule has 3 aliphatic rings. The van der Waals surface area contributed by atoms with Crippen LogP contribution in [0.2, 0.25) is 0 Å². The number of hydrogen-bond acceptors (Lipinski definition) is 8. The molecular weight excluding hydrogens is 546 g/mol. The molecule has 3 bridgehead atoms. The number of benzene rings is 2. The average molecular weight is 588 g/mol. The van der Waals surface area contributed by atoms with Crippen molar-refractivity contribution in [3.8, 4) is 0 Å². The number of sulfonamides is 1. The molecule has 1 saturated carbocycles. The Labute approximate surface area is 242 Å². The van der Waals surface area contributed by atoms with Crippen LogP contribution in [0.15, 0.2) is 59.5 Å². The summed E-state index contributed by atoms with van der Waals surface area (Å²) in [5.74, 6) is 0.646. The van der Waals surface area contributed by atoms with Crippen molar-refractivity contribution < 1.29 is 32.5 Å². The molecule has 3 fully saturated rings. The number of aliphatic hydroxyl groups excluding tert-OH is 1. The van der Waals surface area contributed by atoms with E-state index in [1.807, 2.05) is 44.2 Å². The van der Waals surface area contributed by atoms with Crippen molar-refractivity contribution in [2.24, 2.45) is 23.7 Å². The number of anilines is 1. The summed E-state index contributed by atoms with van der Waals surface area (Å²) in [5, 5.41) is 14.3. The van der Waals surface area contributed by atoms with Gasteiger partial charge < -0.3 is 30.4 Å². The molecule has 2 aromatic carbocycles. The number of nitrogens with two attached hydrogens (primary N) is 1. The molecule has 1 aliphatic carbocycles. The minimum Gasteiger partial charge on any atom is -0.443 e. The topological polar surface area (TPSA) is 140 Å². The van der Waals surface area contributed by atoms with Gasteiger partial charge in [0.2, 0.25) is 10.0 Å². The molecule has 2 aromatic rings. The summed E-state index contributed by atoms with van der Waals surface area (Å²) in [6, 6.07) is 14.6. The number of nitrogens with one attached hydrogen (secondary N) is 1. The zero-order valence-electron chi connectivity index (χ0n) is 23.8. The second-order valence-corrected chi connectivity index (χ2v) is 13.9. The Balaban J connectivity index is 1.33. The molecule has 2 saturated heterocycles. The molecule has 1 amide bonds.